The van der Waals surface area contributed by atoms with E-state index in [0.29, 0.717) is 34.3 Å². The van der Waals surface area contributed by atoms with Crippen molar-refractivity contribution < 1.29 is 23.8 Å². The van der Waals surface area contributed by atoms with Gasteiger partial charge in [0.2, 0.25) is 6.79 Å². The standard InChI is InChI=1S/C17H17NO5S/c1-4-10(3)18-16(19)15(24-17(18)20)7-11-6-13-14(23-9-22-13)8-12(11)21-5-2/h4,6-8,10H,1,5,9H2,2-3H3/b15-7+/t10-/m0/s1. The highest BCUT2D eigenvalue weighted by Gasteiger charge is 2.37. The fraction of sp³-hybridized carbons (Fsp3) is 0.294. The van der Waals surface area contributed by atoms with E-state index in [0.717, 1.165) is 11.8 Å². The van der Waals surface area contributed by atoms with E-state index in [9.17, 15) is 9.59 Å². The van der Waals surface area contributed by atoms with Crippen molar-refractivity contribution in [1.82, 2.24) is 4.90 Å². The van der Waals surface area contributed by atoms with Gasteiger partial charge in [0.15, 0.2) is 11.5 Å². The summed E-state index contributed by atoms with van der Waals surface area (Å²) in [6.07, 6.45) is 3.21. The summed E-state index contributed by atoms with van der Waals surface area (Å²) < 4.78 is 16.3. The second-order valence-corrected chi connectivity index (χ2v) is 6.20. The molecule has 0 saturated carbocycles. The highest BCUT2D eigenvalue weighted by atomic mass is 32.2. The first kappa shape index (κ1) is 16.4. The van der Waals surface area contributed by atoms with Crippen LogP contribution >= 0.6 is 11.8 Å². The number of imide groups is 1. The van der Waals surface area contributed by atoms with Crippen LogP contribution in [0.3, 0.4) is 0 Å². The SMILES string of the molecule is C=C[C@H](C)N1C(=O)S/C(=C/c2cc3c(cc2OCC)OCO3)C1=O. The van der Waals surface area contributed by atoms with Crippen molar-refractivity contribution in [1.29, 1.82) is 0 Å². The van der Waals surface area contributed by atoms with Crippen molar-refractivity contribution in [3.63, 3.8) is 0 Å². The molecule has 24 heavy (non-hydrogen) atoms. The Labute approximate surface area is 144 Å². The maximum absolute atomic E-state index is 12.5. The summed E-state index contributed by atoms with van der Waals surface area (Å²) in [6, 6.07) is 3.12. The van der Waals surface area contributed by atoms with Gasteiger partial charge >= 0.3 is 0 Å². The monoisotopic (exact) mass is 347 g/mol. The van der Waals surface area contributed by atoms with Gasteiger partial charge in [-0.15, -0.1) is 6.58 Å². The maximum atomic E-state index is 12.5. The molecule has 6 nitrogen and oxygen atoms in total. The molecule has 2 heterocycles. The van der Waals surface area contributed by atoms with Gasteiger partial charge in [0.05, 0.1) is 17.6 Å². The molecule has 7 heteroatoms. The van der Waals surface area contributed by atoms with Gasteiger partial charge in [-0.2, -0.15) is 0 Å². The Hall–Kier alpha value is -2.41. The van der Waals surface area contributed by atoms with E-state index in [4.69, 9.17) is 14.2 Å². The van der Waals surface area contributed by atoms with E-state index in [-0.39, 0.29) is 24.0 Å². The number of hydrogen-bond donors (Lipinski definition) is 0. The molecule has 2 aliphatic rings. The van der Waals surface area contributed by atoms with Gasteiger partial charge in [-0.05, 0) is 37.8 Å². The average molecular weight is 347 g/mol. The molecule has 1 fully saturated rings. The molecule has 3 rings (SSSR count). The zero-order chi connectivity index (χ0) is 17.3. The Bertz CT molecular complexity index is 743. The Morgan fingerprint density at radius 1 is 1.38 bits per heavy atom. The summed E-state index contributed by atoms with van der Waals surface area (Å²) in [6.45, 7) is 7.87. The first-order chi connectivity index (χ1) is 11.5. The molecule has 1 aromatic carbocycles. The number of carbonyl (C=O) groups excluding carboxylic acids is 2. The van der Waals surface area contributed by atoms with Crippen LogP contribution in [-0.4, -0.2) is 35.5 Å². The molecule has 0 aromatic heterocycles. The van der Waals surface area contributed by atoms with Gasteiger partial charge in [-0.3, -0.25) is 14.5 Å². The summed E-state index contributed by atoms with van der Waals surface area (Å²) in [5.74, 6) is 1.43. The van der Waals surface area contributed by atoms with Crippen LogP contribution in [0.25, 0.3) is 6.08 Å². The molecule has 0 bridgehead atoms. The number of ether oxygens (including phenoxy) is 3. The molecule has 0 N–H and O–H groups in total. The summed E-state index contributed by atoms with van der Waals surface area (Å²) >= 11 is 0.904. The van der Waals surface area contributed by atoms with Crippen LogP contribution in [0.15, 0.2) is 29.7 Å². The van der Waals surface area contributed by atoms with Crippen LogP contribution in [-0.2, 0) is 4.79 Å². The highest BCUT2D eigenvalue weighted by molar-refractivity contribution is 8.18. The molecule has 0 spiro atoms. The zero-order valence-corrected chi connectivity index (χ0v) is 14.2. The van der Waals surface area contributed by atoms with Gasteiger partial charge in [0, 0.05) is 11.6 Å². The third-order valence-electron chi connectivity index (χ3n) is 3.66. The van der Waals surface area contributed by atoms with Crippen molar-refractivity contribution in [2.24, 2.45) is 0 Å². The van der Waals surface area contributed by atoms with E-state index >= 15 is 0 Å². The van der Waals surface area contributed by atoms with Gasteiger partial charge < -0.3 is 14.2 Å². The van der Waals surface area contributed by atoms with Crippen LogP contribution < -0.4 is 14.2 Å². The Morgan fingerprint density at radius 3 is 2.75 bits per heavy atom. The van der Waals surface area contributed by atoms with E-state index in [1.165, 1.54) is 4.90 Å². The molecule has 2 amide bonds. The fourth-order valence-electron chi connectivity index (χ4n) is 2.41. The van der Waals surface area contributed by atoms with Crippen LogP contribution in [0.1, 0.15) is 19.4 Å². The minimum absolute atomic E-state index is 0.151. The van der Waals surface area contributed by atoms with Crippen molar-refractivity contribution in [3.8, 4) is 17.2 Å². The molecular weight excluding hydrogens is 330 g/mol. The van der Waals surface area contributed by atoms with Crippen LogP contribution in [0.4, 0.5) is 4.79 Å². The number of amides is 2. The van der Waals surface area contributed by atoms with Crippen molar-refractivity contribution in [2.45, 2.75) is 19.9 Å². The first-order valence-electron chi connectivity index (χ1n) is 7.51. The Kier molecular flexibility index (Phi) is 4.53. The lowest BCUT2D eigenvalue weighted by Gasteiger charge is -2.17. The van der Waals surface area contributed by atoms with Crippen molar-refractivity contribution in [2.75, 3.05) is 13.4 Å². The topological polar surface area (TPSA) is 65.1 Å². The lowest BCUT2D eigenvalue weighted by molar-refractivity contribution is -0.123. The third-order valence-corrected chi connectivity index (χ3v) is 4.55. The minimum Gasteiger partial charge on any atom is -0.493 e. The van der Waals surface area contributed by atoms with Crippen LogP contribution in [0, 0.1) is 0 Å². The van der Waals surface area contributed by atoms with Gasteiger partial charge in [-0.25, -0.2) is 0 Å². The largest absolute Gasteiger partial charge is 0.493 e. The van der Waals surface area contributed by atoms with Gasteiger partial charge in [-0.1, -0.05) is 6.08 Å². The number of rotatable bonds is 5. The Morgan fingerprint density at radius 2 is 2.08 bits per heavy atom. The quantitative estimate of drug-likeness (QED) is 0.601. The third kappa shape index (κ3) is 2.87. The smallest absolute Gasteiger partial charge is 0.294 e. The molecule has 1 saturated heterocycles. The molecule has 0 unspecified atom stereocenters. The average Bonchev–Trinajstić information content (AvgIpc) is 3.11. The Balaban J connectivity index is 1.98. The number of benzene rings is 1. The minimum atomic E-state index is -0.355. The lowest BCUT2D eigenvalue weighted by atomic mass is 10.1. The predicted octanol–water partition coefficient (Wildman–Crippen LogP) is 3.42. The number of fused-ring (bicyclic) bond motifs is 1. The lowest BCUT2D eigenvalue weighted by Crippen LogP contribution is -2.35. The highest BCUT2D eigenvalue weighted by Crippen LogP contribution is 2.41. The summed E-state index contributed by atoms with van der Waals surface area (Å²) in [5, 5.41) is -0.308. The van der Waals surface area contributed by atoms with E-state index in [1.54, 1.807) is 31.2 Å². The second-order valence-electron chi connectivity index (χ2n) is 5.20. The van der Waals surface area contributed by atoms with Crippen molar-refractivity contribution in [3.05, 3.63) is 35.3 Å². The molecule has 0 radical (unpaired) electrons. The van der Waals surface area contributed by atoms with Crippen LogP contribution in [0.2, 0.25) is 0 Å². The zero-order valence-electron chi connectivity index (χ0n) is 13.4. The van der Waals surface area contributed by atoms with E-state index < -0.39 is 0 Å². The molecule has 2 aliphatic heterocycles. The van der Waals surface area contributed by atoms with E-state index in [2.05, 4.69) is 6.58 Å². The fourth-order valence-corrected chi connectivity index (χ4v) is 3.32. The molecule has 0 aliphatic carbocycles. The molecule has 1 atom stereocenters. The number of nitrogens with zero attached hydrogens (tertiary/aromatic N) is 1. The molecule has 1 aromatic rings. The number of carbonyl (C=O) groups is 2. The van der Waals surface area contributed by atoms with Crippen molar-refractivity contribution >= 4 is 29.0 Å². The number of thioether (sulfide) groups is 1. The first-order valence-corrected chi connectivity index (χ1v) is 8.32. The predicted molar refractivity (Wildman–Crippen MR) is 91.2 cm³/mol. The maximum Gasteiger partial charge on any atom is 0.294 e. The van der Waals surface area contributed by atoms with E-state index in [1.807, 2.05) is 6.92 Å². The van der Waals surface area contributed by atoms with Gasteiger partial charge in [0.25, 0.3) is 11.1 Å². The van der Waals surface area contributed by atoms with Gasteiger partial charge in [0.1, 0.15) is 5.75 Å². The van der Waals surface area contributed by atoms with Crippen LogP contribution in [0.5, 0.6) is 17.2 Å². The number of hydrogen-bond acceptors (Lipinski definition) is 6. The summed E-state index contributed by atoms with van der Waals surface area (Å²) in [5.41, 5.74) is 0.665. The second kappa shape index (κ2) is 6.60. The normalized spacial score (nSPS) is 19.1. The molecular formula is C17H17NO5S. The summed E-state index contributed by atoms with van der Waals surface area (Å²) in [7, 11) is 0. The summed E-state index contributed by atoms with van der Waals surface area (Å²) in [4.78, 5) is 26.1. The molecule has 126 valence electrons.